The molecule has 0 bridgehead atoms. The predicted octanol–water partition coefficient (Wildman–Crippen LogP) is 1.96. The van der Waals surface area contributed by atoms with Crippen LogP contribution >= 0.6 is 0 Å². The molecular formula is C10H12O2. The third-order valence-electron chi connectivity index (χ3n) is 2.16. The molecule has 2 nitrogen and oxygen atoms in total. The number of phenols is 1. The second kappa shape index (κ2) is 2.70. The van der Waals surface area contributed by atoms with Crippen LogP contribution in [0.5, 0.6) is 11.5 Å². The zero-order chi connectivity index (χ0) is 8.55. The first kappa shape index (κ1) is 7.47. The van der Waals surface area contributed by atoms with Gasteiger partial charge in [0.2, 0.25) is 0 Å². The normalized spacial score (nSPS) is 21.2. The first-order valence-corrected chi connectivity index (χ1v) is 4.21. The number of phenolic OH excluding ortho intramolecular Hbond substituents is 1. The summed E-state index contributed by atoms with van der Waals surface area (Å²) in [5.41, 5.74) is 1.12. The third-order valence-corrected chi connectivity index (χ3v) is 2.16. The fourth-order valence-corrected chi connectivity index (χ4v) is 1.56. The van der Waals surface area contributed by atoms with Crippen LogP contribution in [0.15, 0.2) is 18.2 Å². The van der Waals surface area contributed by atoms with Crippen molar-refractivity contribution in [3.8, 4) is 11.5 Å². The number of hydrogen-bond donors (Lipinski definition) is 1. The molecule has 1 N–H and O–H groups in total. The lowest BCUT2D eigenvalue weighted by Gasteiger charge is -2.22. The average molecular weight is 164 g/mol. The molecule has 2 rings (SSSR count). The lowest BCUT2D eigenvalue weighted by molar-refractivity contribution is 0.224. The van der Waals surface area contributed by atoms with Crippen LogP contribution in [0.4, 0.5) is 0 Å². The number of rotatable bonds is 0. The summed E-state index contributed by atoms with van der Waals surface area (Å²) in [5, 5.41) is 9.42. The molecular weight excluding hydrogens is 152 g/mol. The summed E-state index contributed by atoms with van der Waals surface area (Å²) in [6, 6.07) is 5.52. The summed E-state index contributed by atoms with van der Waals surface area (Å²) >= 11 is 0. The Morgan fingerprint density at radius 2 is 2.33 bits per heavy atom. The van der Waals surface area contributed by atoms with E-state index in [0.29, 0.717) is 18.3 Å². The average Bonchev–Trinajstić information content (AvgIpc) is 2.04. The van der Waals surface area contributed by atoms with Gasteiger partial charge in [0.05, 0.1) is 6.61 Å². The van der Waals surface area contributed by atoms with Gasteiger partial charge in [-0.2, -0.15) is 0 Å². The van der Waals surface area contributed by atoms with Crippen LogP contribution in [0.25, 0.3) is 0 Å². The van der Waals surface area contributed by atoms with Gasteiger partial charge in [-0.15, -0.1) is 0 Å². The number of benzene rings is 1. The Kier molecular flexibility index (Phi) is 1.68. The Balaban J connectivity index is 2.42. The van der Waals surface area contributed by atoms with Crippen molar-refractivity contribution < 1.29 is 9.84 Å². The summed E-state index contributed by atoms with van der Waals surface area (Å²) < 4.78 is 5.42. The minimum Gasteiger partial charge on any atom is -0.504 e. The highest BCUT2D eigenvalue weighted by Gasteiger charge is 2.18. The van der Waals surface area contributed by atoms with Gasteiger partial charge in [0.15, 0.2) is 11.5 Å². The van der Waals surface area contributed by atoms with E-state index in [-0.39, 0.29) is 5.75 Å². The van der Waals surface area contributed by atoms with Crippen LogP contribution in [0.1, 0.15) is 12.5 Å². The molecule has 0 aliphatic carbocycles. The van der Waals surface area contributed by atoms with Crippen molar-refractivity contribution in [3.05, 3.63) is 23.8 Å². The molecule has 0 saturated heterocycles. The number of para-hydroxylation sites is 1. The van der Waals surface area contributed by atoms with Gasteiger partial charge in [0, 0.05) is 0 Å². The van der Waals surface area contributed by atoms with E-state index in [1.807, 2.05) is 12.1 Å². The van der Waals surface area contributed by atoms with Crippen LogP contribution < -0.4 is 4.74 Å². The van der Waals surface area contributed by atoms with Crippen LogP contribution in [0.3, 0.4) is 0 Å². The SMILES string of the molecule is CC1COc2c(O)cccc2C1. The highest BCUT2D eigenvalue weighted by molar-refractivity contribution is 5.46. The lowest BCUT2D eigenvalue weighted by atomic mass is 9.98. The number of ether oxygens (including phenoxy) is 1. The highest BCUT2D eigenvalue weighted by Crippen LogP contribution is 2.34. The molecule has 0 saturated carbocycles. The molecule has 2 heteroatoms. The Morgan fingerprint density at radius 1 is 1.50 bits per heavy atom. The standard InChI is InChI=1S/C10H12O2/c1-7-5-8-3-2-4-9(11)10(8)12-6-7/h2-4,7,11H,5-6H2,1H3. The molecule has 1 aliphatic heterocycles. The molecule has 1 aromatic rings. The molecule has 12 heavy (non-hydrogen) atoms. The summed E-state index contributed by atoms with van der Waals surface area (Å²) in [6.45, 7) is 2.86. The van der Waals surface area contributed by atoms with E-state index in [9.17, 15) is 5.11 Å². The monoisotopic (exact) mass is 164 g/mol. The lowest BCUT2D eigenvalue weighted by Crippen LogP contribution is -2.17. The van der Waals surface area contributed by atoms with Crippen molar-refractivity contribution in [2.45, 2.75) is 13.3 Å². The first-order chi connectivity index (χ1) is 5.77. The van der Waals surface area contributed by atoms with E-state index in [1.54, 1.807) is 6.07 Å². The van der Waals surface area contributed by atoms with Crippen LogP contribution in [0, 0.1) is 5.92 Å². The maximum atomic E-state index is 9.42. The van der Waals surface area contributed by atoms with E-state index in [2.05, 4.69) is 6.92 Å². The van der Waals surface area contributed by atoms with Crippen molar-refractivity contribution in [2.24, 2.45) is 5.92 Å². The van der Waals surface area contributed by atoms with Crippen molar-refractivity contribution in [2.75, 3.05) is 6.61 Å². The zero-order valence-corrected chi connectivity index (χ0v) is 7.08. The molecule has 0 radical (unpaired) electrons. The van der Waals surface area contributed by atoms with Gasteiger partial charge >= 0.3 is 0 Å². The Hall–Kier alpha value is -1.18. The van der Waals surface area contributed by atoms with Gasteiger partial charge < -0.3 is 9.84 Å². The van der Waals surface area contributed by atoms with Gasteiger partial charge in [-0.1, -0.05) is 19.1 Å². The second-order valence-corrected chi connectivity index (χ2v) is 3.39. The molecule has 0 aromatic heterocycles. The fourth-order valence-electron chi connectivity index (χ4n) is 1.56. The smallest absolute Gasteiger partial charge is 0.164 e. The Labute approximate surface area is 71.8 Å². The molecule has 1 aliphatic rings. The number of aromatic hydroxyl groups is 1. The molecule has 1 unspecified atom stereocenters. The molecule has 1 atom stereocenters. The fraction of sp³-hybridized carbons (Fsp3) is 0.400. The molecule has 64 valence electrons. The number of hydrogen-bond acceptors (Lipinski definition) is 2. The molecule has 0 amide bonds. The van der Waals surface area contributed by atoms with E-state index < -0.39 is 0 Å². The maximum absolute atomic E-state index is 9.42. The van der Waals surface area contributed by atoms with Gasteiger partial charge in [-0.25, -0.2) is 0 Å². The van der Waals surface area contributed by atoms with Gasteiger partial charge in [-0.05, 0) is 24.0 Å². The van der Waals surface area contributed by atoms with E-state index in [4.69, 9.17) is 4.74 Å². The summed E-state index contributed by atoms with van der Waals surface area (Å²) in [7, 11) is 0. The maximum Gasteiger partial charge on any atom is 0.164 e. The highest BCUT2D eigenvalue weighted by atomic mass is 16.5. The van der Waals surface area contributed by atoms with Crippen molar-refractivity contribution >= 4 is 0 Å². The Bertz CT molecular complexity index is 294. The molecule has 0 fully saturated rings. The second-order valence-electron chi connectivity index (χ2n) is 3.39. The Morgan fingerprint density at radius 3 is 3.17 bits per heavy atom. The van der Waals surface area contributed by atoms with Crippen molar-refractivity contribution in [1.29, 1.82) is 0 Å². The van der Waals surface area contributed by atoms with Crippen molar-refractivity contribution in [1.82, 2.24) is 0 Å². The van der Waals surface area contributed by atoms with Crippen LogP contribution in [-0.2, 0) is 6.42 Å². The molecule has 0 spiro atoms. The van der Waals surface area contributed by atoms with E-state index >= 15 is 0 Å². The topological polar surface area (TPSA) is 29.5 Å². The third kappa shape index (κ3) is 1.13. The summed E-state index contributed by atoms with van der Waals surface area (Å²) in [5.74, 6) is 1.49. The minimum atomic E-state index is 0.263. The summed E-state index contributed by atoms with van der Waals surface area (Å²) in [4.78, 5) is 0. The largest absolute Gasteiger partial charge is 0.504 e. The van der Waals surface area contributed by atoms with Crippen molar-refractivity contribution in [3.63, 3.8) is 0 Å². The summed E-state index contributed by atoms with van der Waals surface area (Å²) in [6.07, 6.45) is 1.00. The zero-order valence-electron chi connectivity index (χ0n) is 7.08. The quantitative estimate of drug-likeness (QED) is 0.635. The van der Waals surface area contributed by atoms with Crippen LogP contribution in [-0.4, -0.2) is 11.7 Å². The molecule has 1 aromatic carbocycles. The van der Waals surface area contributed by atoms with Crippen LogP contribution in [0.2, 0.25) is 0 Å². The van der Waals surface area contributed by atoms with Gasteiger partial charge in [0.25, 0.3) is 0 Å². The minimum absolute atomic E-state index is 0.263. The van der Waals surface area contributed by atoms with Gasteiger partial charge in [-0.3, -0.25) is 0 Å². The number of fused-ring (bicyclic) bond motifs is 1. The van der Waals surface area contributed by atoms with E-state index in [0.717, 1.165) is 12.0 Å². The predicted molar refractivity (Wildman–Crippen MR) is 46.5 cm³/mol. The van der Waals surface area contributed by atoms with Gasteiger partial charge in [0.1, 0.15) is 0 Å². The first-order valence-electron chi connectivity index (χ1n) is 4.21. The molecule has 1 heterocycles. The van der Waals surface area contributed by atoms with E-state index in [1.165, 1.54) is 0 Å².